The topological polar surface area (TPSA) is 64.2 Å². The molecule has 2 rings (SSSR count). The predicted molar refractivity (Wildman–Crippen MR) is 79.2 cm³/mol. The number of anilines is 1. The molecule has 5 heteroatoms. The van der Waals surface area contributed by atoms with Crippen LogP contribution in [0.5, 0.6) is 0 Å². The van der Waals surface area contributed by atoms with Crippen molar-refractivity contribution in [3.63, 3.8) is 0 Å². The second kappa shape index (κ2) is 6.23. The van der Waals surface area contributed by atoms with Gasteiger partial charge in [-0.25, -0.2) is 0 Å². The Morgan fingerprint density at radius 1 is 1.30 bits per heavy atom. The molecule has 1 amide bonds. The van der Waals surface area contributed by atoms with Crippen molar-refractivity contribution in [2.24, 2.45) is 0 Å². The number of hydrogen-bond donors (Lipinski definition) is 1. The van der Waals surface area contributed by atoms with E-state index in [4.69, 9.17) is 5.73 Å². The van der Waals surface area contributed by atoms with E-state index in [0.717, 1.165) is 5.56 Å². The molecule has 0 saturated carbocycles. The molecule has 0 saturated heterocycles. The number of nitrogen functional groups attached to an aromatic ring is 1. The molecule has 0 bridgehead atoms. The van der Waals surface area contributed by atoms with Crippen molar-refractivity contribution in [1.29, 1.82) is 0 Å². The molecule has 5 nitrogen and oxygen atoms in total. The molecule has 2 N–H and O–H groups in total. The molecule has 20 heavy (non-hydrogen) atoms. The number of benzene rings is 1. The molecular weight excluding hydrogens is 252 g/mol. The first kappa shape index (κ1) is 14.1. The van der Waals surface area contributed by atoms with E-state index >= 15 is 0 Å². The number of hydrogen-bond acceptors (Lipinski definition) is 3. The Balaban J connectivity index is 2.18. The highest BCUT2D eigenvalue weighted by molar-refractivity contribution is 5.97. The van der Waals surface area contributed by atoms with Crippen LogP contribution in [0.4, 0.5) is 5.69 Å². The summed E-state index contributed by atoms with van der Waals surface area (Å²) < 4.78 is 1.68. The Morgan fingerprint density at radius 3 is 2.55 bits per heavy atom. The Hall–Kier alpha value is -2.30. The summed E-state index contributed by atoms with van der Waals surface area (Å²) in [6, 6.07) is 9.90. The van der Waals surface area contributed by atoms with Gasteiger partial charge in [-0.2, -0.15) is 5.10 Å². The molecule has 0 spiro atoms. The second-order valence-corrected chi connectivity index (χ2v) is 4.59. The molecule has 1 heterocycles. The monoisotopic (exact) mass is 272 g/mol. The van der Waals surface area contributed by atoms with Gasteiger partial charge in [0.15, 0.2) is 5.69 Å². The maximum absolute atomic E-state index is 12.5. The van der Waals surface area contributed by atoms with E-state index < -0.39 is 0 Å². The van der Waals surface area contributed by atoms with Crippen LogP contribution in [0.15, 0.2) is 36.5 Å². The fourth-order valence-electron chi connectivity index (χ4n) is 2.05. The van der Waals surface area contributed by atoms with Gasteiger partial charge in [0, 0.05) is 25.8 Å². The van der Waals surface area contributed by atoms with Gasteiger partial charge in [-0.05, 0) is 19.4 Å². The molecule has 0 atom stereocenters. The highest BCUT2D eigenvalue weighted by atomic mass is 16.2. The molecule has 2 aromatic rings. The third-order valence-corrected chi connectivity index (χ3v) is 3.20. The van der Waals surface area contributed by atoms with Crippen molar-refractivity contribution >= 4 is 11.6 Å². The summed E-state index contributed by atoms with van der Waals surface area (Å²) in [5.41, 5.74) is 7.74. The zero-order chi connectivity index (χ0) is 14.5. The van der Waals surface area contributed by atoms with Gasteiger partial charge in [-0.1, -0.05) is 30.3 Å². The van der Waals surface area contributed by atoms with Crippen molar-refractivity contribution in [2.45, 2.75) is 26.9 Å². The van der Waals surface area contributed by atoms with Crippen LogP contribution in [0, 0.1) is 0 Å². The van der Waals surface area contributed by atoms with Gasteiger partial charge in [0.2, 0.25) is 0 Å². The second-order valence-electron chi connectivity index (χ2n) is 4.59. The highest BCUT2D eigenvalue weighted by Gasteiger charge is 2.20. The first-order valence-electron chi connectivity index (χ1n) is 6.81. The van der Waals surface area contributed by atoms with E-state index in [2.05, 4.69) is 5.10 Å². The quantitative estimate of drug-likeness (QED) is 0.907. The molecule has 0 unspecified atom stereocenters. The number of aryl methyl sites for hydroxylation is 1. The Bertz CT molecular complexity index is 577. The van der Waals surface area contributed by atoms with Gasteiger partial charge in [-0.15, -0.1) is 0 Å². The van der Waals surface area contributed by atoms with E-state index in [1.807, 2.05) is 44.2 Å². The van der Waals surface area contributed by atoms with Crippen molar-refractivity contribution in [3.8, 4) is 0 Å². The average molecular weight is 272 g/mol. The summed E-state index contributed by atoms with van der Waals surface area (Å²) in [6.07, 6.45) is 1.70. The van der Waals surface area contributed by atoms with Gasteiger partial charge in [0.05, 0.1) is 5.69 Å². The number of carbonyl (C=O) groups excluding carboxylic acids is 1. The number of carbonyl (C=O) groups is 1. The Kier molecular flexibility index (Phi) is 4.40. The van der Waals surface area contributed by atoms with Crippen LogP contribution in [0.2, 0.25) is 0 Å². The van der Waals surface area contributed by atoms with Crippen LogP contribution in [0.3, 0.4) is 0 Å². The lowest BCUT2D eigenvalue weighted by atomic mass is 10.2. The Labute approximate surface area is 119 Å². The molecule has 0 aliphatic heterocycles. The maximum atomic E-state index is 12.5. The van der Waals surface area contributed by atoms with E-state index in [-0.39, 0.29) is 5.91 Å². The standard InChI is InChI=1S/C15H20N4O/c1-3-18(10-12-8-6-5-7-9-12)15(20)14-13(16)11-19(4-2)17-14/h5-9,11H,3-4,10,16H2,1-2H3. The van der Waals surface area contributed by atoms with E-state index in [1.165, 1.54) is 0 Å². The SMILES string of the molecule is CCN(Cc1ccccc1)C(=O)c1nn(CC)cc1N. The lowest BCUT2D eigenvalue weighted by Crippen LogP contribution is -2.31. The summed E-state index contributed by atoms with van der Waals surface area (Å²) in [5.74, 6) is -0.124. The normalized spacial score (nSPS) is 10.5. The summed E-state index contributed by atoms with van der Waals surface area (Å²) in [5, 5.41) is 4.24. The molecule has 0 fully saturated rings. The van der Waals surface area contributed by atoms with Crippen LogP contribution in [-0.2, 0) is 13.1 Å². The number of aromatic nitrogens is 2. The molecule has 0 radical (unpaired) electrons. The summed E-state index contributed by atoms with van der Waals surface area (Å²) in [7, 11) is 0. The molecule has 1 aromatic heterocycles. The van der Waals surface area contributed by atoms with Crippen LogP contribution < -0.4 is 5.73 Å². The van der Waals surface area contributed by atoms with E-state index in [9.17, 15) is 4.79 Å². The fraction of sp³-hybridized carbons (Fsp3) is 0.333. The molecule has 1 aromatic carbocycles. The largest absolute Gasteiger partial charge is 0.396 e. The van der Waals surface area contributed by atoms with Crippen molar-refractivity contribution in [3.05, 3.63) is 47.8 Å². The summed E-state index contributed by atoms with van der Waals surface area (Å²) in [6.45, 7) is 5.79. The molecular formula is C15H20N4O. The van der Waals surface area contributed by atoms with Crippen molar-refractivity contribution < 1.29 is 4.79 Å². The molecule has 0 aliphatic carbocycles. The number of nitrogens with zero attached hydrogens (tertiary/aromatic N) is 3. The lowest BCUT2D eigenvalue weighted by molar-refractivity contribution is 0.0746. The Morgan fingerprint density at radius 2 is 2.00 bits per heavy atom. The van der Waals surface area contributed by atoms with Gasteiger partial charge < -0.3 is 10.6 Å². The van der Waals surface area contributed by atoms with E-state index in [0.29, 0.717) is 31.0 Å². The molecule has 0 aliphatic rings. The third kappa shape index (κ3) is 2.99. The minimum Gasteiger partial charge on any atom is -0.396 e. The molecule has 106 valence electrons. The van der Waals surface area contributed by atoms with Gasteiger partial charge >= 0.3 is 0 Å². The van der Waals surface area contributed by atoms with Gasteiger partial charge in [-0.3, -0.25) is 9.48 Å². The van der Waals surface area contributed by atoms with Crippen molar-refractivity contribution in [2.75, 3.05) is 12.3 Å². The maximum Gasteiger partial charge on any atom is 0.276 e. The first-order valence-corrected chi connectivity index (χ1v) is 6.81. The van der Waals surface area contributed by atoms with Gasteiger partial charge in [0.1, 0.15) is 0 Å². The minimum atomic E-state index is -0.124. The van der Waals surface area contributed by atoms with Gasteiger partial charge in [0.25, 0.3) is 5.91 Å². The first-order chi connectivity index (χ1) is 9.65. The van der Waals surface area contributed by atoms with E-state index in [1.54, 1.807) is 15.8 Å². The average Bonchev–Trinajstić information content (AvgIpc) is 2.86. The number of nitrogens with two attached hydrogens (primary N) is 1. The summed E-state index contributed by atoms with van der Waals surface area (Å²) >= 11 is 0. The predicted octanol–water partition coefficient (Wildman–Crippen LogP) is 2.15. The highest BCUT2D eigenvalue weighted by Crippen LogP contribution is 2.14. The number of amides is 1. The van der Waals surface area contributed by atoms with Crippen LogP contribution in [-0.4, -0.2) is 27.1 Å². The smallest absolute Gasteiger partial charge is 0.276 e. The zero-order valence-corrected chi connectivity index (χ0v) is 11.9. The van der Waals surface area contributed by atoms with Crippen LogP contribution >= 0.6 is 0 Å². The zero-order valence-electron chi connectivity index (χ0n) is 11.9. The fourth-order valence-corrected chi connectivity index (χ4v) is 2.05. The summed E-state index contributed by atoms with van der Waals surface area (Å²) in [4.78, 5) is 14.2. The minimum absolute atomic E-state index is 0.124. The number of rotatable bonds is 5. The van der Waals surface area contributed by atoms with Crippen LogP contribution in [0.25, 0.3) is 0 Å². The third-order valence-electron chi connectivity index (χ3n) is 3.20. The van der Waals surface area contributed by atoms with Crippen LogP contribution in [0.1, 0.15) is 29.9 Å². The van der Waals surface area contributed by atoms with Crippen molar-refractivity contribution in [1.82, 2.24) is 14.7 Å². The lowest BCUT2D eigenvalue weighted by Gasteiger charge is -2.20.